The first-order chi connectivity index (χ1) is 13.9. The summed E-state index contributed by atoms with van der Waals surface area (Å²) in [7, 11) is 0. The molecule has 1 atom stereocenters. The van der Waals surface area contributed by atoms with Crippen LogP contribution in [0.1, 0.15) is 31.9 Å². The van der Waals surface area contributed by atoms with Crippen LogP contribution in [0, 0.1) is 6.92 Å². The van der Waals surface area contributed by atoms with Crippen molar-refractivity contribution in [1.29, 1.82) is 0 Å². The number of carbonyl (C=O) groups is 3. The van der Waals surface area contributed by atoms with Crippen molar-refractivity contribution in [3.8, 4) is 0 Å². The molecule has 3 amide bonds. The predicted molar refractivity (Wildman–Crippen MR) is 112 cm³/mol. The van der Waals surface area contributed by atoms with Crippen LogP contribution in [0.25, 0.3) is 0 Å². The molecule has 2 rings (SSSR count). The average molecular weight is 402 g/mol. The molecule has 2 heterocycles. The number of unbranched alkanes of at least 4 members (excludes halogenated alkanes) is 1. The van der Waals surface area contributed by atoms with Crippen LogP contribution >= 0.6 is 0 Å². The molecule has 0 aromatic carbocycles. The van der Waals surface area contributed by atoms with Crippen molar-refractivity contribution in [2.75, 3.05) is 37.6 Å². The number of amides is 3. The van der Waals surface area contributed by atoms with Crippen molar-refractivity contribution in [3.05, 3.63) is 36.5 Å². The first-order valence-electron chi connectivity index (χ1n) is 10.1. The number of hydrogen-bond donors (Lipinski definition) is 2. The van der Waals surface area contributed by atoms with Gasteiger partial charge in [-0.05, 0) is 44.4 Å². The van der Waals surface area contributed by atoms with Gasteiger partial charge in [0.15, 0.2) is 0 Å². The van der Waals surface area contributed by atoms with Gasteiger partial charge >= 0.3 is 0 Å². The summed E-state index contributed by atoms with van der Waals surface area (Å²) in [5, 5.41) is 5.49. The van der Waals surface area contributed by atoms with Crippen LogP contribution in [0.4, 0.5) is 5.82 Å². The summed E-state index contributed by atoms with van der Waals surface area (Å²) in [6, 6.07) is 5.39. The molecule has 8 nitrogen and oxygen atoms in total. The molecule has 1 aliphatic rings. The van der Waals surface area contributed by atoms with E-state index in [4.69, 9.17) is 0 Å². The highest BCUT2D eigenvalue weighted by atomic mass is 16.2. The SMILES string of the molecule is C=CC(=O)NCCCC[C@H](NC(C)=O)C(=O)N1CCN(c2cccc(C)n2)CC1. The van der Waals surface area contributed by atoms with Gasteiger partial charge in [0.05, 0.1) is 0 Å². The predicted octanol–water partition coefficient (Wildman–Crippen LogP) is 1.02. The average Bonchev–Trinajstić information content (AvgIpc) is 2.71. The quantitative estimate of drug-likeness (QED) is 0.476. The number of aromatic nitrogens is 1. The summed E-state index contributed by atoms with van der Waals surface area (Å²) < 4.78 is 0. The van der Waals surface area contributed by atoms with E-state index in [9.17, 15) is 14.4 Å². The number of pyridine rings is 1. The molecule has 158 valence electrons. The van der Waals surface area contributed by atoms with Crippen LogP contribution in [-0.4, -0.2) is 66.4 Å². The number of piperazine rings is 1. The highest BCUT2D eigenvalue weighted by Crippen LogP contribution is 2.15. The normalized spacial score (nSPS) is 14.8. The Morgan fingerprint density at radius 2 is 1.93 bits per heavy atom. The van der Waals surface area contributed by atoms with E-state index >= 15 is 0 Å². The van der Waals surface area contributed by atoms with Crippen molar-refractivity contribution in [2.45, 2.75) is 39.2 Å². The fourth-order valence-electron chi connectivity index (χ4n) is 3.34. The van der Waals surface area contributed by atoms with E-state index in [1.165, 1.54) is 13.0 Å². The third-order valence-corrected chi connectivity index (χ3v) is 4.87. The number of nitrogens with zero attached hydrogens (tertiary/aromatic N) is 3. The minimum atomic E-state index is -0.536. The first kappa shape index (κ1) is 22.4. The number of nitrogens with one attached hydrogen (secondary N) is 2. The molecule has 1 aromatic rings. The Morgan fingerprint density at radius 3 is 2.55 bits per heavy atom. The second kappa shape index (κ2) is 11.2. The molecule has 0 spiro atoms. The number of carbonyl (C=O) groups excluding carboxylic acids is 3. The molecule has 0 radical (unpaired) electrons. The van der Waals surface area contributed by atoms with Crippen LogP contribution in [0.2, 0.25) is 0 Å². The third kappa shape index (κ3) is 7.21. The Labute approximate surface area is 172 Å². The van der Waals surface area contributed by atoms with Crippen LogP contribution in [-0.2, 0) is 14.4 Å². The Kier molecular flexibility index (Phi) is 8.64. The maximum atomic E-state index is 12.9. The van der Waals surface area contributed by atoms with Crippen molar-refractivity contribution in [3.63, 3.8) is 0 Å². The maximum Gasteiger partial charge on any atom is 0.245 e. The van der Waals surface area contributed by atoms with Crippen molar-refractivity contribution in [1.82, 2.24) is 20.5 Å². The van der Waals surface area contributed by atoms with Crippen LogP contribution < -0.4 is 15.5 Å². The summed E-state index contributed by atoms with van der Waals surface area (Å²) >= 11 is 0. The summed E-state index contributed by atoms with van der Waals surface area (Å²) in [5.74, 6) is 0.454. The summed E-state index contributed by atoms with van der Waals surface area (Å²) in [4.78, 5) is 44.2. The molecule has 1 saturated heterocycles. The summed E-state index contributed by atoms with van der Waals surface area (Å²) in [5.41, 5.74) is 0.969. The minimum Gasteiger partial charge on any atom is -0.353 e. The zero-order valence-electron chi connectivity index (χ0n) is 17.3. The van der Waals surface area contributed by atoms with Gasteiger partial charge in [0, 0.05) is 45.3 Å². The first-order valence-corrected chi connectivity index (χ1v) is 10.1. The molecule has 1 aromatic heterocycles. The van der Waals surface area contributed by atoms with Crippen LogP contribution in [0.3, 0.4) is 0 Å². The second-order valence-electron chi connectivity index (χ2n) is 7.19. The standard InChI is InChI=1S/C21H31N5O3/c1-4-20(28)22-11-6-5-9-18(24-17(3)27)21(29)26-14-12-25(13-15-26)19-10-7-8-16(2)23-19/h4,7-8,10,18H,1,5-6,9,11-15H2,2-3H3,(H,22,28)(H,24,27)/t18-/m0/s1. The minimum absolute atomic E-state index is 0.0489. The number of rotatable bonds is 9. The van der Waals surface area contributed by atoms with Crippen molar-refractivity contribution in [2.24, 2.45) is 0 Å². The Bertz CT molecular complexity index is 729. The van der Waals surface area contributed by atoms with Crippen molar-refractivity contribution >= 4 is 23.5 Å². The topological polar surface area (TPSA) is 94.6 Å². The lowest BCUT2D eigenvalue weighted by Gasteiger charge is -2.37. The molecular weight excluding hydrogens is 370 g/mol. The Hall–Kier alpha value is -2.90. The highest BCUT2D eigenvalue weighted by molar-refractivity contribution is 5.87. The van der Waals surface area contributed by atoms with Gasteiger partial charge in [-0.2, -0.15) is 0 Å². The van der Waals surface area contributed by atoms with E-state index in [0.717, 1.165) is 24.4 Å². The molecular formula is C21H31N5O3. The van der Waals surface area contributed by atoms with Gasteiger partial charge in [-0.1, -0.05) is 12.6 Å². The van der Waals surface area contributed by atoms with Crippen LogP contribution in [0.5, 0.6) is 0 Å². The summed E-state index contributed by atoms with van der Waals surface area (Å²) in [6.07, 6.45) is 3.23. The van der Waals surface area contributed by atoms with E-state index < -0.39 is 6.04 Å². The van der Waals surface area contributed by atoms with Crippen molar-refractivity contribution < 1.29 is 14.4 Å². The van der Waals surface area contributed by atoms with E-state index in [-0.39, 0.29) is 17.7 Å². The zero-order valence-corrected chi connectivity index (χ0v) is 17.3. The number of anilines is 1. The lowest BCUT2D eigenvalue weighted by Crippen LogP contribution is -2.55. The smallest absolute Gasteiger partial charge is 0.245 e. The van der Waals surface area contributed by atoms with Gasteiger partial charge in [-0.3, -0.25) is 14.4 Å². The van der Waals surface area contributed by atoms with Gasteiger partial charge < -0.3 is 20.4 Å². The number of aryl methyl sites for hydroxylation is 1. The van der Waals surface area contributed by atoms with Gasteiger partial charge in [0.25, 0.3) is 0 Å². The fourth-order valence-corrected chi connectivity index (χ4v) is 3.34. The fraction of sp³-hybridized carbons (Fsp3) is 0.524. The van der Waals surface area contributed by atoms with Crippen LogP contribution in [0.15, 0.2) is 30.9 Å². The molecule has 0 unspecified atom stereocenters. The summed E-state index contributed by atoms with van der Waals surface area (Å²) in [6.45, 7) is 9.93. The maximum absolute atomic E-state index is 12.9. The lowest BCUT2D eigenvalue weighted by molar-refractivity contribution is -0.136. The Balaban J connectivity index is 1.84. The van der Waals surface area contributed by atoms with E-state index in [2.05, 4.69) is 27.1 Å². The molecule has 29 heavy (non-hydrogen) atoms. The van der Waals surface area contributed by atoms with Gasteiger partial charge in [-0.15, -0.1) is 0 Å². The molecule has 1 aliphatic heterocycles. The highest BCUT2D eigenvalue weighted by Gasteiger charge is 2.28. The van der Waals surface area contributed by atoms with Gasteiger partial charge in [-0.25, -0.2) is 4.98 Å². The molecule has 2 N–H and O–H groups in total. The van der Waals surface area contributed by atoms with E-state index in [0.29, 0.717) is 39.1 Å². The molecule has 0 bridgehead atoms. The van der Waals surface area contributed by atoms with E-state index in [1.54, 1.807) is 0 Å². The molecule has 8 heteroatoms. The lowest BCUT2D eigenvalue weighted by atomic mass is 10.1. The molecule has 0 saturated carbocycles. The molecule has 1 fully saturated rings. The number of hydrogen-bond acceptors (Lipinski definition) is 5. The Morgan fingerprint density at radius 1 is 1.21 bits per heavy atom. The van der Waals surface area contributed by atoms with E-state index in [1.807, 2.05) is 30.0 Å². The largest absolute Gasteiger partial charge is 0.353 e. The third-order valence-electron chi connectivity index (χ3n) is 4.87. The monoisotopic (exact) mass is 401 g/mol. The second-order valence-corrected chi connectivity index (χ2v) is 7.19. The van der Waals surface area contributed by atoms with Gasteiger partial charge in [0.2, 0.25) is 17.7 Å². The molecule has 0 aliphatic carbocycles. The zero-order chi connectivity index (χ0) is 21.2. The van der Waals surface area contributed by atoms with Gasteiger partial charge in [0.1, 0.15) is 11.9 Å².